The standard InChI is InChI=1S/C14H17NO/c1-14(2)9-5-8-13(15-14)11-6-4-7-12(10-11)16-3/h4-10,15H,1-3H3. The average Bonchev–Trinajstić information content (AvgIpc) is 2.28. The third-order valence-electron chi connectivity index (χ3n) is 2.61. The van der Waals surface area contributed by atoms with Crippen LogP contribution in [-0.2, 0) is 0 Å². The van der Waals surface area contributed by atoms with Crippen LogP contribution in [0, 0.1) is 0 Å². The first-order valence-electron chi connectivity index (χ1n) is 5.43. The molecule has 0 bridgehead atoms. The van der Waals surface area contributed by atoms with Crippen molar-refractivity contribution in [3.63, 3.8) is 0 Å². The zero-order chi connectivity index (χ0) is 11.6. The predicted octanol–water partition coefficient (Wildman–Crippen LogP) is 2.97. The molecule has 2 rings (SSSR count). The van der Waals surface area contributed by atoms with Crippen LogP contribution in [0.25, 0.3) is 5.70 Å². The highest BCUT2D eigenvalue weighted by atomic mass is 16.5. The van der Waals surface area contributed by atoms with Crippen molar-refractivity contribution in [3.05, 3.63) is 48.1 Å². The van der Waals surface area contributed by atoms with E-state index in [4.69, 9.17) is 4.74 Å². The van der Waals surface area contributed by atoms with Gasteiger partial charge in [-0.25, -0.2) is 0 Å². The number of allylic oxidation sites excluding steroid dienone is 2. The summed E-state index contributed by atoms with van der Waals surface area (Å²) < 4.78 is 5.22. The molecular formula is C14H17NO. The molecule has 1 aromatic carbocycles. The molecule has 1 heterocycles. The average molecular weight is 215 g/mol. The highest BCUT2D eigenvalue weighted by molar-refractivity contribution is 5.68. The lowest BCUT2D eigenvalue weighted by molar-refractivity contribution is 0.414. The minimum absolute atomic E-state index is 0.00710. The first-order chi connectivity index (χ1) is 7.61. The first-order valence-corrected chi connectivity index (χ1v) is 5.43. The van der Waals surface area contributed by atoms with E-state index < -0.39 is 0 Å². The lowest BCUT2D eigenvalue weighted by Gasteiger charge is -2.28. The van der Waals surface area contributed by atoms with Crippen LogP contribution in [0.2, 0.25) is 0 Å². The van der Waals surface area contributed by atoms with Crippen molar-refractivity contribution >= 4 is 5.70 Å². The fraction of sp³-hybridized carbons (Fsp3) is 0.286. The third kappa shape index (κ3) is 2.27. The van der Waals surface area contributed by atoms with Gasteiger partial charge in [-0.15, -0.1) is 0 Å². The Morgan fingerprint density at radius 2 is 2.06 bits per heavy atom. The van der Waals surface area contributed by atoms with Crippen LogP contribution in [0.4, 0.5) is 0 Å². The van der Waals surface area contributed by atoms with Gasteiger partial charge in [0, 0.05) is 11.3 Å². The highest BCUT2D eigenvalue weighted by Crippen LogP contribution is 2.23. The van der Waals surface area contributed by atoms with Crippen molar-refractivity contribution in [2.75, 3.05) is 7.11 Å². The van der Waals surface area contributed by atoms with Gasteiger partial charge in [0.05, 0.1) is 12.6 Å². The number of methoxy groups -OCH3 is 1. The van der Waals surface area contributed by atoms with Crippen LogP contribution in [0.15, 0.2) is 42.5 Å². The van der Waals surface area contributed by atoms with Gasteiger partial charge in [0.15, 0.2) is 0 Å². The Morgan fingerprint density at radius 3 is 2.75 bits per heavy atom. The van der Waals surface area contributed by atoms with Gasteiger partial charge in [0.25, 0.3) is 0 Å². The van der Waals surface area contributed by atoms with Gasteiger partial charge < -0.3 is 10.1 Å². The van der Waals surface area contributed by atoms with E-state index in [-0.39, 0.29) is 5.54 Å². The maximum atomic E-state index is 5.22. The lowest BCUT2D eigenvalue weighted by Crippen LogP contribution is -2.37. The zero-order valence-corrected chi connectivity index (χ0v) is 9.95. The van der Waals surface area contributed by atoms with E-state index in [1.807, 2.05) is 18.2 Å². The summed E-state index contributed by atoms with van der Waals surface area (Å²) in [7, 11) is 1.69. The fourth-order valence-electron chi connectivity index (χ4n) is 1.77. The molecule has 1 N–H and O–H groups in total. The van der Waals surface area contributed by atoms with Gasteiger partial charge in [-0.3, -0.25) is 0 Å². The van der Waals surface area contributed by atoms with E-state index in [0.29, 0.717) is 0 Å². The number of nitrogens with one attached hydrogen (secondary N) is 1. The maximum Gasteiger partial charge on any atom is 0.119 e. The van der Waals surface area contributed by atoms with Crippen LogP contribution in [0.3, 0.4) is 0 Å². The van der Waals surface area contributed by atoms with Crippen LogP contribution < -0.4 is 10.1 Å². The summed E-state index contributed by atoms with van der Waals surface area (Å²) in [6.45, 7) is 4.30. The number of hydrogen-bond acceptors (Lipinski definition) is 2. The first kappa shape index (κ1) is 10.8. The minimum Gasteiger partial charge on any atom is -0.497 e. The van der Waals surface area contributed by atoms with Gasteiger partial charge >= 0.3 is 0 Å². The quantitative estimate of drug-likeness (QED) is 0.819. The van der Waals surface area contributed by atoms with Gasteiger partial charge in [-0.1, -0.05) is 24.3 Å². The SMILES string of the molecule is COc1cccc(C2=CC=CC(C)(C)N2)c1. The Morgan fingerprint density at radius 1 is 1.25 bits per heavy atom. The van der Waals surface area contributed by atoms with Crippen LogP contribution in [0.1, 0.15) is 19.4 Å². The summed E-state index contributed by atoms with van der Waals surface area (Å²) in [6.07, 6.45) is 6.32. The molecule has 0 unspecified atom stereocenters. The molecule has 16 heavy (non-hydrogen) atoms. The van der Waals surface area contributed by atoms with E-state index in [9.17, 15) is 0 Å². The van der Waals surface area contributed by atoms with Gasteiger partial charge in [-0.2, -0.15) is 0 Å². The molecule has 0 aromatic heterocycles. The topological polar surface area (TPSA) is 21.3 Å². The monoisotopic (exact) mass is 215 g/mol. The second-order valence-corrected chi connectivity index (χ2v) is 4.52. The lowest BCUT2D eigenvalue weighted by atomic mass is 9.98. The van der Waals surface area contributed by atoms with Crippen LogP contribution in [-0.4, -0.2) is 12.6 Å². The van der Waals surface area contributed by atoms with Crippen molar-refractivity contribution in [2.24, 2.45) is 0 Å². The third-order valence-corrected chi connectivity index (χ3v) is 2.61. The van der Waals surface area contributed by atoms with E-state index in [2.05, 4.69) is 43.5 Å². The molecule has 0 saturated carbocycles. The number of ether oxygens (including phenoxy) is 1. The summed E-state index contributed by atoms with van der Waals surface area (Å²) in [5.74, 6) is 0.882. The molecule has 0 radical (unpaired) electrons. The van der Waals surface area contributed by atoms with Crippen molar-refractivity contribution in [3.8, 4) is 5.75 Å². The molecule has 0 saturated heterocycles. The van der Waals surface area contributed by atoms with Crippen LogP contribution >= 0.6 is 0 Å². The van der Waals surface area contributed by atoms with Crippen LogP contribution in [0.5, 0.6) is 5.75 Å². The largest absolute Gasteiger partial charge is 0.497 e. The maximum absolute atomic E-state index is 5.22. The predicted molar refractivity (Wildman–Crippen MR) is 67.3 cm³/mol. The van der Waals surface area contributed by atoms with Crippen molar-refractivity contribution in [1.29, 1.82) is 0 Å². The molecule has 84 valence electrons. The fourth-order valence-corrected chi connectivity index (χ4v) is 1.77. The molecule has 1 aromatic rings. The van der Waals surface area contributed by atoms with Gasteiger partial charge in [0.2, 0.25) is 0 Å². The van der Waals surface area contributed by atoms with E-state index in [1.54, 1.807) is 7.11 Å². The molecule has 2 heteroatoms. The van der Waals surface area contributed by atoms with E-state index in [1.165, 1.54) is 0 Å². The summed E-state index contributed by atoms with van der Waals surface area (Å²) >= 11 is 0. The van der Waals surface area contributed by atoms with E-state index >= 15 is 0 Å². The Hall–Kier alpha value is -1.70. The van der Waals surface area contributed by atoms with Crippen molar-refractivity contribution < 1.29 is 4.74 Å². The summed E-state index contributed by atoms with van der Waals surface area (Å²) in [5, 5.41) is 3.48. The molecule has 0 aliphatic carbocycles. The smallest absolute Gasteiger partial charge is 0.119 e. The Kier molecular flexibility index (Phi) is 2.73. The minimum atomic E-state index is 0.00710. The summed E-state index contributed by atoms with van der Waals surface area (Å²) in [4.78, 5) is 0. The Labute approximate surface area is 96.6 Å². The molecule has 2 nitrogen and oxygen atoms in total. The number of rotatable bonds is 2. The van der Waals surface area contributed by atoms with Gasteiger partial charge in [-0.05, 0) is 32.1 Å². The molecular weight excluding hydrogens is 198 g/mol. The second kappa shape index (κ2) is 4.05. The molecule has 0 atom stereocenters. The summed E-state index contributed by atoms with van der Waals surface area (Å²) in [6, 6.07) is 8.07. The number of hydrogen-bond donors (Lipinski definition) is 1. The van der Waals surface area contributed by atoms with Crippen molar-refractivity contribution in [2.45, 2.75) is 19.4 Å². The number of dihydropyridines is 1. The normalized spacial score (nSPS) is 17.6. The highest BCUT2D eigenvalue weighted by Gasteiger charge is 2.17. The molecule has 0 amide bonds. The number of benzene rings is 1. The summed E-state index contributed by atoms with van der Waals surface area (Å²) in [5.41, 5.74) is 2.29. The van der Waals surface area contributed by atoms with E-state index in [0.717, 1.165) is 17.0 Å². The molecule has 0 spiro atoms. The van der Waals surface area contributed by atoms with Gasteiger partial charge in [0.1, 0.15) is 5.75 Å². The molecule has 1 aliphatic heterocycles. The molecule has 1 aliphatic rings. The zero-order valence-electron chi connectivity index (χ0n) is 9.95. The molecule has 0 fully saturated rings. The Balaban J connectivity index is 2.31. The van der Waals surface area contributed by atoms with Crippen molar-refractivity contribution in [1.82, 2.24) is 5.32 Å². The Bertz CT molecular complexity index is 444. The second-order valence-electron chi connectivity index (χ2n) is 4.52.